The molecule has 3 heterocycles. The molecule has 14 aromatic rings. The molecule has 0 fully saturated rings. The van der Waals surface area contributed by atoms with Crippen LogP contribution in [0.25, 0.3) is 117 Å². The zero-order valence-corrected chi connectivity index (χ0v) is 75.1. The van der Waals surface area contributed by atoms with Gasteiger partial charge in [-0.05, 0) is 231 Å². The van der Waals surface area contributed by atoms with E-state index in [1.165, 1.54) is 72.3 Å². The third-order valence-corrected chi connectivity index (χ3v) is 22.9. The van der Waals surface area contributed by atoms with E-state index < -0.39 is 0 Å². The molecule has 0 aliphatic carbocycles. The fourth-order valence-corrected chi connectivity index (χ4v) is 15.5. The largest absolute Gasteiger partial charge is 0.510 e. The summed E-state index contributed by atoms with van der Waals surface area (Å²) >= 11 is 0. The van der Waals surface area contributed by atoms with Crippen molar-refractivity contribution in [2.24, 2.45) is 0 Å². The summed E-state index contributed by atoms with van der Waals surface area (Å²) in [5, 5.41) is 2.19. The van der Waals surface area contributed by atoms with Crippen LogP contribution in [0.4, 0.5) is 0 Å². The summed E-state index contributed by atoms with van der Waals surface area (Å²) < 4.78 is 13.7. The van der Waals surface area contributed by atoms with Crippen LogP contribution in [0.15, 0.2) is 225 Å². The molecule has 14 rings (SSSR count). The fourth-order valence-electron chi connectivity index (χ4n) is 15.5. The topological polar surface area (TPSA) is 35.9 Å². The minimum absolute atomic E-state index is 0. The number of hydrogen-bond acceptors (Lipinski definition) is 2. The summed E-state index contributed by atoms with van der Waals surface area (Å²) in [6.07, 6.45) is 6.04. The van der Waals surface area contributed by atoms with Crippen molar-refractivity contribution >= 4 is 32.8 Å². The number of pyridine rings is 1. The number of nitrogens with zero attached hydrogens (tertiary/aromatic N) is 4. The van der Waals surface area contributed by atoms with Crippen molar-refractivity contribution in [3.63, 3.8) is 0 Å². The van der Waals surface area contributed by atoms with E-state index in [1.54, 1.807) is 0 Å². The number of hydrogen-bond donors (Lipinski definition) is 0. The van der Waals surface area contributed by atoms with Crippen molar-refractivity contribution in [3.05, 3.63) is 293 Å². The van der Waals surface area contributed by atoms with Crippen LogP contribution in [0, 0.1) is 18.5 Å². The number of ether oxygens (including phenoxy) is 1. The molecule has 6 heteroatoms. The molecule has 11 aromatic carbocycles. The van der Waals surface area contributed by atoms with E-state index in [9.17, 15) is 0 Å². The summed E-state index contributed by atoms with van der Waals surface area (Å²) in [5.74, 6) is 1.95. The van der Waals surface area contributed by atoms with E-state index in [4.69, 9.17) is 9.72 Å². The zero-order valence-electron chi connectivity index (χ0n) is 72.9. The average molecular weight is 1680 g/mol. The van der Waals surface area contributed by atoms with Crippen molar-refractivity contribution in [1.82, 2.24) is 14.1 Å². The molecule has 0 N–H and O–H groups in total. The first-order chi connectivity index (χ1) is 52.6. The first kappa shape index (κ1) is 82.3. The van der Waals surface area contributed by atoms with Gasteiger partial charge in [-0.15, -0.1) is 29.7 Å². The molecule has 0 unspecified atom stereocenters. The minimum atomic E-state index is -0.116. The van der Waals surface area contributed by atoms with Gasteiger partial charge in [0.25, 0.3) is 6.33 Å². The Balaban J connectivity index is 0.0000113. The summed E-state index contributed by atoms with van der Waals surface area (Å²) in [5.41, 5.74) is 30.0. The Hall–Kier alpha value is -9.67. The van der Waals surface area contributed by atoms with Gasteiger partial charge in [0.2, 0.25) is 0 Å². The van der Waals surface area contributed by atoms with Crippen molar-refractivity contribution < 1.29 is 30.4 Å². The van der Waals surface area contributed by atoms with Gasteiger partial charge in [-0.2, -0.15) is 18.2 Å². The average Bonchev–Trinajstić information content (AvgIpc) is 1.50. The number of aromatic nitrogens is 4. The SMILES string of the molecule is CC(C)(C)c1cc(-c2cc(-c3cc(C(C)(C)C)cc(C(C)(C)C)c3)cc(-c3cccc(-c4cc(-c5cc(C(C)(C)C)cc(C(C)(C)C)c5)cc(-c5cc(C(C)(C)C)cc(C(C)(C)C)c5)c4)c3-[n+]3[c-]n(-c4[c-]c(Oc5[c-]c6c(cc5)c5ccccc5n6-c5cc(C(C)(C)C)ccn5)ccc4)c4ccccc43)c2)cc(C(C)(C)C)c1.[Pt]. The Bertz CT molecular complexity index is 5490. The van der Waals surface area contributed by atoms with Gasteiger partial charge in [0.05, 0.1) is 16.7 Å². The fraction of sp³-hybridized carbons (Fsp3) is 0.333. The molecule has 0 aliphatic rings. The second-order valence-electron chi connectivity index (χ2n) is 41.3. The Labute approximate surface area is 696 Å². The van der Waals surface area contributed by atoms with E-state index in [2.05, 4.69) is 425 Å². The first-order valence-corrected chi connectivity index (χ1v) is 40.8. The van der Waals surface area contributed by atoms with Crippen molar-refractivity contribution in [1.29, 1.82) is 0 Å². The van der Waals surface area contributed by atoms with Crippen LogP contribution in [0.5, 0.6) is 11.5 Å². The van der Waals surface area contributed by atoms with Crippen LogP contribution in [-0.4, -0.2) is 14.1 Å². The van der Waals surface area contributed by atoms with Gasteiger partial charge in [-0.1, -0.05) is 326 Å². The Morgan fingerprint density at radius 2 is 0.649 bits per heavy atom. The van der Waals surface area contributed by atoms with E-state index in [-0.39, 0.29) is 69.8 Å². The van der Waals surface area contributed by atoms with Gasteiger partial charge in [0, 0.05) is 44.3 Å². The van der Waals surface area contributed by atoms with E-state index in [0.717, 1.165) is 94.5 Å². The second-order valence-corrected chi connectivity index (χ2v) is 41.3. The van der Waals surface area contributed by atoms with Gasteiger partial charge < -0.3 is 13.9 Å². The van der Waals surface area contributed by atoms with E-state index in [1.807, 2.05) is 18.3 Å². The molecule has 0 saturated carbocycles. The van der Waals surface area contributed by atoms with Crippen LogP contribution < -0.4 is 9.30 Å². The summed E-state index contributed by atoms with van der Waals surface area (Å²) in [6.45, 7) is 63.0. The smallest absolute Gasteiger partial charge is 0.268 e. The predicted octanol–water partition coefficient (Wildman–Crippen LogP) is 29.3. The van der Waals surface area contributed by atoms with E-state index >= 15 is 0 Å². The normalized spacial score (nSPS) is 13.0. The minimum Gasteiger partial charge on any atom is -0.510 e. The number of fused-ring (bicyclic) bond motifs is 4. The number of benzene rings is 11. The molecule has 588 valence electrons. The molecule has 0 bridgehead atoms. The second kappa shape index (κ2) is 29.6. The maximum absolute atomic E-state index is 6.99. The van der Waals surface area contributed by atoms with Crippen LogP contribution in [0.1, 0.15) is 237 Å². The zero-order chi connectivity index (χ0) is 81.4. The molecule has 0 spiro atoms. The molecule has 3 aromatic heterocycles. The van der Waals surface area contributed by atoms with Crippen LogP contribution in [0.2, 0.25) is 0 Å². The first-order valence-electron chi connectivity index (χ1n) is 40.8. The van der Waals surface area contributed by atoms with Crippen LogP contribution >= 0.6 is 0 Å². The summed E-state index contributed by atoms with van der Waals surface area (Å²) in [7, 11) is 0. The standard InChI is InChI=1S/C108H118N4O.Pt/c1-100(2,3)78-44-45-109-98(64-78)112-94-39-29-28-36-92(94)93-43-42-89(66-97(93)112)113-88-35-32-34-87(65-88)110-67-111(96-41-31-30-40-95(96)110)99-90(76-48-68(72-52-79(101(4,5)6)60-80(53-72)102(7,8)9)46-69(49-76)73-54-81(103(10,11)12)61-82(55-73)104(13,14)15)37-33-38-91(99)77-50-70(74-56-83(105(16,17)18)62-84(57-74)106(19,20)21)47-71(51-77)75-58-85(107(22,23)24)63-86(59-75)108(25,26)27;/h28-64H,1-27H3;/q-2;. The van der Waals surface area contributed by atoms with Crippen LogP contribution in [-0.2, 0) is 69.8 Å². The van der Waals surface area contributed by atoms with E-state index in [0.29, 0.717) is 11.5 Å². The van der Waals surface area contributed by atoms with Gasteiger partial charge in [-0.3, -0.25) is 4.57 Å². The quantitative estimate of drug-likeness (QED) is 0.0956. The van der Waals surface area contributed by atoms with Gasteiger partial charge in [-0.25, -0.2) is 4.98 Å². The Morgan fingerprint density at radius 1 is 0.298 bits per heavy atom. The van der Waals surface area contributed by atoms with Gasteiger partial charge >= 0.3 is 0 Å². The third-order valence-electron chi connectivity index (χ3n) is 22.9. The molecule has 0 saturated heterocycles. The number of imidazole rings is 1. The van der Waals surface area contributed by atoms with Crippen molar-refractivity contribution in [2.75, 3.05) is 0 Å². The number of para-hydroxylation sites is 4. The van der Waals surface area contributed by atoms with Crippen molar-refractivity contribution in [2.45, 2.75) is 236 Å². The predicted molar refractivity (Wildman–Crippen MR) is 481 cm³/mol. The molecule has 5 nitrogen and oxygen atoms in total. The Morgan fingerprint density at radius 3 is 1.05 bits per heavy atom. The molecule has 0 aliphatic heterocycles. The van der Waals surface area contributed by atoms with Gasteiger partial charge in [0.1, 0.15) is 5.82 Å². The summed E-state index contributed by atoms with van der Waals surface area (Å²) in [6, 6.07) is 90.7. The monoisotopic (exact) mass is 1680 g/mol. The molecule has 0 atom stereocenters. The van der Waals surface area contributed by atoms with Gasteiger partial charge in [0.15, 0.2) is 0 Å². The maximum Gasteiger partial charge on any atom is 0.268 e. The van der Waals surface area contributed by atoms with Crippen molar-refractivity contribution in [3.8, 4) is 95.5 Å². The Kier molecular flexibility index (Phi) is 21.3. The molecule has 0 radical (unpaired) electrons. The number of rotatable bonds is 11. The summed E-state index contributed by atoms with van der Waals surface area (Å²) in [4.78, 5) is 4.98. The van der Waals surface area contributed by atoms with Crippen LogP contribution in [0.3, 0.4) is 0 Å². The molecule has 114 heavy (non-hydrogen) atoms. The molecule has 0 amide bonds. The molecular formula is C108H118N4OPt-2. The third kappa shape index (κ3) is 16.9. The maximum atomic E-state index is 6.99. The molecular weight excluding hydrogens is 1560 g/mol.